The third-order valence-corrected chi connectivity index (χ3v) is 4.14. The van der Waals surface area contributed by atoms with E-state index in [1.165, 1.54) is 16.7 Å². The van der Waals surface area contributed by atoms with E-state index < -0.39 is 0 Å². The largest absolute Gasteiger partial charge is 0.362 e. The highest BCUT2D eigenvalue weighted by atomic mass is 16.7. The summed E-state index contributed by atoms with van der Waals surface area (Å²) in [6.45, 7) is 0. The zero-order valence-corrected chi connectivity index (χ0v) is 8.14. The number of hydrogen-bond acceptors (Lipinski definition) is 2. The molecule has 0 saturated carbocycles. The summed E-state index contributed by atoms with van der Waals surface area (Å²) in [6, 6.07) is 6.50. The third-order valence-electron chi connectivity index (χ3n) is 4.14. The summed E-state index contributed by atoms with van der Waals surface area (Å²) in [4.78, 5) is 0. The molecule has 0 N–H and O–H groups in total. The highest BCUT2D eigenvalue weighted by molar-refractivity contribution is 5.65. The van der Waals surface area contributed by atoms with Crippen LogP contribution in [0.1, 0.15) is 29.2 Å². The Morgan fingerprint density at radius 3 is 3.33 bits per heavy atom. The van der Waals surface area contributed by atoms with Gasteiger partial charge >= 0.3 is 0 Å². The molecule has 4 atom stereocenters. The molecule has 0 bridgehead atoms. The third kappa shape index (κ3) is 0.638. The second kappa shape index (κ2) is 1.91. The molecule has 4 aliphatic rings. The predicted octanol–water partition coefficient (Wildman–Crippen LogP) is 2.15. The lowest BCUT2D eigenvalue weighted by Crippen LogP contribution is -2.24. The summed E-state index contributed by atoms with van der Waals surface area (Å²) in [7, 11) is 0. The van der Waals surface area contributed by atoms with Crippen molar-refractivity contribution in [1.29, 1.82) is 0 Å². The van der Waals surface area contributed by atoms with E-state index in [-0.39, 0.29) is 5.60 Å². The molecule has 2 aliphatic heterocycles. The highest BCUT2D eigenvalue weighted by Gasteiger charge is 2.73. The Bertz CT molecular complexity index is 519. The monoisotopic (exact) mass is 198 g/mol. The van der Waals surface area contributed by atoms with Gasteiger partial charge in [0.15, 0.2) is 0 Å². The molecular formula is C13H10O2. The van der Waals surface area contributed by atoms with Gasteiger partial charge in [-0.15, -0.1) is 0 Å². The van der Waals surface area contributed by atoms with Crippen molar-refractivity contribution in [3.63, 3.8) is 0 Å². The van der Waals surface area contributed by atoms with E-state index >= 15 is 0 Å². The first kappa shape index (κ1) is 7.20. The van der Waals surface area contributed by atoms with Gasteiger partial charge in [-0.25, -0.2) is 0 Å². The van der Waals surface area contributed by atoms with Crippen molar-refractivity contribution >= 4 is 6.08 Å². The van der Waals surface area contributed by atoms with E-state index in [0.717, 1.165) is 6.42 Å². The van der Waals surface area contributed by atoms with Crippen LogP contribution in [0.2, 0.25) is 0 Å². The molecule has 2 heterocycles. The number of rotatable bonds is 0. The van der Waals surface area contributed by atoms with Crippen molar-refractivity contribution in [3.8, 4) is 0 Å². The molecule has 2 fully saturated rings. The minimum atomic E-state index is -0.00164. The molecule has 0 aromatic heterocycles. The van der Waals surface area contributed by atoms with Crippen LogP contribution in [0.15, 0.2) is 24.3 Å². The molecule has 74 valence electrons. The van der Waals surface area contributed by atoms with Crippen molar-refractivity contribution in [1.82, 2.24) is 0 Å². The Morgan fingerprint density at radius 1 is 1.33 bits per heavy atom. The van der Waals surface area contributed by atoms with Crippen LogP contribution in [-0.4, -0.2) is 12.2 Å². The van der Waals surface area contributed by atoms with Crippen molar-refractivity contribution < 1.29 is 9.47 Å². The van der Waals surface area contributed by atoms with E-state index in [2.05, 4.69) is 30.4 Å². The summed E-state index contributed by atoms with van der Waals surface area (Å²) in [5.74, 6) is 0. The van der Waals surface area contributed by atoms with Crippen LogP contribution in [0.5, 0.6) is 0 Å². The normalized spacial score (nSPS) is 46.5. The molecule has 0 amide bonds. The van der Waals surface area contributed by atoms with Gasteiger partial charge < -0.3 is 9.47 Å². The molecule has 5 rings (SSSR count). The van der Waals surface area contributed by atoms with Gasteiger partial charge in [0.25, 0.3) is 0 Å². The van der Waals surface area contributed by atoms with E-state index in [0.29, 0.717) is 18.3 Å². The maximum absolute atomic E-state index is 5.95. The van der Waals surface area contributed by atoms with Crippen molar-refractivity contribution in [2.45, 2.75) is 30.3 Å². The van der Waals surface area contributed by atoms with Gasteiger partial charge in [-0.05, 0) is 16.7 Å². The van der Waals surface area contributed by atoms with Crippen LogP contribution in [-0.2, 0) is 15.1 Å². The number of epoxide rings is 2. The fourth-order valence-corrected chi connectivity index (χ4v) is 3.41. The lowest BCUT2D eigenvalue weighted by atomic mass is 9.76. The standard InChI is InChI=1S/C13H10O2/c1-3-7-4-2-6-13-9(7)8(5-1)10-11(14-10)12(13)15-13/h1-5,10-12H,6H2. The fourth-order valence-electron chi connectivity index (χ4n) is 3.41. The van der Waals surface area contributed by atoms with Crippen LogP contribution in [0, 0.1) is 0 Å². The fraction of sp³-hybridized carbons (Fsp3) is 0.385. The minimum Gasteiger partial charge on any atom is -0.362 e. The molecule has 2 saturated heterocycles. The Morgan fingerprint density at radius 2 is 2.33 bits per heavy atom. The smallest absolute Gasteiger partial charge is 0.127 e. The first-order valence-corrected chi connectivity index (χ1v) is 5.53. The zero-order chi connectivity index (χ0) is 9.62. The summed E-state index contributed by atoms with van der Waals surface area (Å²) >= 11 is 0. The lowest BCUT2D eigenvalue weighted by molar-refractivity contribution is 0.271. The molecule has 2 heteroatoms. The minimum absolute atomic E-state index is 0.00164. The predicted molar refractivity (Wildman–Crippen MR) is 54.3 cm³/mol. The Hall–Kier alpha value is -1.12. The van der Waals surface area contributed by atoms with Crippen LogP contribution < -0.4 is 0 Å². The number of fused-ring (bicyclic) bond motifs is 3. The van der Waals surface area contributed by atoms with Crippen LogP contribution in [0.25, 0.3) is 6.08 Å². The Kier molecular flexibility index (Phi) is 0.915. The van der Waals surface area contributed by atoms with Gasteiger partial charge in [-0.3, -0.25) is 0 Å². The van der Waals surface area contributed by atoms with E-state index in [4.69, 9.17) is 9.47 Å². The van der Waals surface area contributed by atoms with Gasteiger partial charge in [0, 0.05) is 6.42 Å². The first-order valence-electron chi connectivity index (χ1n) is 5.53. The van der Waals surface area contributed by atoms with Crippen LogP contribution in [0.3, 0.4) is 0 Å². The molecule has 1 spiro atoms. The topological polar surface area (TPSA) is 25.1 Å². The molecule has 15 heavy (non-hydrogen) atoms. The molecule has 0 radical (unpaired) electrons. The molecule has 4 unspecified atom stereocenters. The van der Waals surface area contributed by atoms with Crippen molar-refractivity contribution in [2.24, 2.45) is 0 Å². The van der Waals surface area contributed by atoms with Crippen molar-refractivity contribution in [3.05, 3.63) is 41.0 Å². The molecule has 2 aliphatic carbocycles. The van der Waals surface area contributed by atoms with Crippen LogP contribution in [0.4, 0.5) is 0 Å². The highest BCUT2D eigenvalue weighted by Crippen LogP contribution is 2.67. The molecule has 1 aromatic rings. The molecular weight excluding hydrogens is 188 g/mol. The maximum atomic E-state index is 5.95. The summed E-state index contributed by atoms with van der Waals surface area (Å²) in [6.07, 6.45) is 6.47. The number of hydrogen-bond donors (Lipinski definition) is 0. The van der Waals surface area contributed by atoms with E-state index in [9.17, 15) is 0 Å². The second-order valence-corrected chi connectivity index (χ2v) is 4.87. The maximum Gasteiger partial charge on any atom is 0.127 e. The SMILES string of the molecule is C1=Cc2cccc3c2C2(C1)OC2C1OC31. The number of ether oxygens (including phenoxy) is 2. The average Bonchev–Trinajstić information content (AvgIpc) is 3.09. The summed E-state index contributed by atoms with van der Waals surface area (Å²) < 4.78 is 11.7. The van der Waals surface area contributed by atoms with E-state index in [1.54, 1.807) is 0 Å². The van der Waals surface area contributed by atoms with Crippen molar-refractivity contribution in [2.75, 3.05) is 0 Å². The van der Waals surface area contributed by atoms with Gasteiger partial charge in [0.05, 0.1) is 0 Å². The van der Waals surface area contributed by atoms with Gasteiger partial charge in [0.1, 0.15) is 23.9 Å². The Balaban J connectivity index is 1.92. The molecule has 1 aromatic carbocycles. The second-order valence-electron chi connectivity index (χ2n) is 4.87. The van der Waals surface area contributed by atoms with Gasteiger partial charge in [-0.1, -0.05) is 30.4 Å². The Labute approximate surface area is 87.5 Å². The molecule has 2 nitrogen and oxygen atoms in total. The lowest BCUT2D eigenvalue weighted by Gasteiger charge is -2.23. The first-order chi connectivity index (χ1) is 7.40. The van der Waals surface area contributed by atoms with Gasteiger partial charge in [-0.2, -0.15) is 0 Å². The summed E-state index contributed by atoms with van der Waals surface area (Å²) in [5.41, 5.74) is 4.11. The summed E-state index contributed by atoms with van der Waals surface area (Å²) in [5, 5.41) is 0. The van der Waals surface area contributed by atoms with Gasteiger partial charge in [0.2, 0.25) is 0 Å². The van der Waals surface area contributed by atoms with Crippen LogP contribution >= 0.6 is 0 Å². The van der Waals surface area contributed by atoms with E-state index in [1.807, 2.05) is 0 Å². The zero-order valence-electron chi connectivity index (χ0n) is 8.14. The quantitative estimate of drug-likeness (QED) is 0.597. The number of benzene rings is 1. The average molecular weight is 198 g/mol.